The molecule has 0 spiro atoms. The molecule has 0 bridgehead atoms. The highest BCUT2D eigenvalue weighted by Crippen LogP contribution is 2.19. The molecule has 1 fully saturated rings. The lowest BCUT2D eigenvalue weighted by atomic mass is 9.96. The SMILES string of the molecule is CC(=O)NN[C@@H]1O[C@H](CO)[C@H](O)[C@H](O)[C@H]1NC(C)=O. The Morgan fingerprint density at radius 1 is 1.16 bits per heavy atom. The van der Waals surface area contributed by atoms with Crippen LogP contribution in [0.2, 0.25) is 0 Å². The van der Waals surface area contributed by atoms with E-state index in [-0.39, 0.29) is 0 Å². The topological polar surface area (TPSA) is 140 Å². The van der Waals surface area contributed by atoms with Crippen molar-refractivity contribution in [3.05, 3.63) is 0 Å². The number of ether oxygens (including phenoxy) is 1. The second kappa shape index (κ2) is 6.78. The van der Waals surface area contributed by atoms with Crippen molar-refractivity contribution in [1.29, 1.82) is 0 Å². The molecule has 9 nitrogen and oxygen atoms in total. The number of hydrogen-bond donors (Lipinski definition) is 6. The number of carbonyl (C=O) groups is 2. The first-order valence-electron chi connectivity index (χ1n) is 5.78. The standard InChI is InChI=1S/C10H19N3O6/c1-4(15)11-7-9(18)8(17)6(3-14)19-10(7)13-12-5(2)16/h6-10,13-14,17-18H,3H2,1-2H3,(H,11,15)(H,12,16)/t6-,7-,8+,9-,10-/m1/s1. The fraction of sp³-hybridized carbons (Fsp3) is 0.800. The molecule has 1 aliphatic rings. The smallest absolute Gasteiger partial charge is 0.231 e. The number of carbonyl (C=O) groups excluding carboxylic acids is 2. The molecule has 0 aliphatic carbocycles. The average molecular weight is 277 g/mol. The Bertz CT molecular complexity index is 339. The molecule has 110 valence electrons. The Kier molecular flexibility index (Phi) is 5.63. The fourth-order valence-corrected chi connectivity index (χ4v) is 1.81. The van der Waals surface area contributed by atoms with Gasteiger partial charge in [0.25, 0.3) is 0 Å². The zero-order valence-corrected chi connectivity index (χ0v) is 10.7. The maximum atomic E-state index is 11.1. The van der Waals surface area contributed by atoms with Gasteiger partial charge >= 0.3 is 0 Å². The third-order valence-corrected chi connectivity index (χ3v) is 2.69. The molecule has 2 amide bonds. The van der Waals surface area contributed by atoms with Crippen LogP contribution in [0.3, 0.4) is 0 Å². The lowest BCUT2D eigenvalue weighted by Crippen LogP contribution is -2.69. The van der Waals surface area contributed by atoms with Crippen molar-refractivity contribution in [2.24, 2.45) is 0 Å². The van der Waals surface area contributed by atoms with Crippen LogP contribution in [0.4, 0.5) is 0 Å². The van der Waals surface area contributed by atoms with Crippen LogP contribution < -0.4 is 16.2 Å². The van der Waals surface area contributed by atoms with Gasteiger partial charge in [0, 0.05) is 13.8 Å². The molecule has 19 heavy (non-hydrogen) atoms. The van der Waals surface area contributed by atoms with Gasteiger partial charge in [-0.25, -0.2) is 5.43 Å². The lowest BCUT2D eigenvalue weighted by Gasteiger charge is -2.42. The number of amides is 2. The summed E-state index contributed by atoms with van der Waals surface area (Å²) >= 11 is 0. The van der Waals surface area contributed by atoms with Crippen molar-refractivity contribution in [2.75, 3.05) is 6.61 Å². The predicted octanol–water partition coefficient (Wildman–Crippen LogP) is -3.43. The van der Waals surface area contributed by atoms with Crippen molar-refractivity contribution in [3.63, 3.8) is 0 Å². The average Bonchev–Trinajstić information content (AvgIpc) is 2.33. The van der Waals surface area contributed by atoms with Crippen LogP contribution in [-0.2, 0) is 14.3 Å². The molecular formula is C10H19N3O6. The zero-order valence-electron chi connectivity index (χ0n) is 10.7. The Morgan fingerprint density at radius 3 is 2.26 bits per heavy atom. The summed E-state index contributed by atoms with van der Waals surface area (Å²) in [6.07, 6.45) is -4.70. The van der Waals surface area contributed by atoms with Gasteiger partial charge in [0.2, 0.25) is 11.8 Å². The highest BCUT2D eigenvalue weighted by molar-refractivity contribution is 5.73. The van der Waals surface area contributed by atoms with Gasteiger partial charge in [-0.05, 0) is 0 Å². The summed E-state index contributed by atoms with van der Waals surface area (Å²) in [6.45, 7) is 1.99. The molecule has 1 rings (SSSR count). The van der Waals surface area contributed by atoms with Crippen LogP contribution in [0.1, 0.15) is 13.8 Å². The Morgan fingerprint density at radius 2 is 1.79 bits per heavy atom. The van der Waals surface area contributed by atoms with Crippen LogP contribution in [0.25, 0.3) is 0 Å². The van der Waals surface area contributed by atoms with Gasteiger partial charge in [-0.15, -0.1) is 0 Å². The monoisotopic (exact) mass is 277 g/mol. The first kappa shape index (κ1) is 15.8. The van der Waals surface area contributed by atoms with Gasteiger partial charge in [-0.3, -0.25) is 15.0 Å². The first-order chi connectivity index (χ1) is 8.86. The van der Waals surface area contributed by atoms with Gasteiger partial charge in [-0.2, -0.15) is 0 Å². The number of aliphatic hydroxyl groups excluding tert-OH is 3. The molecule has 0 radical (unpaired) electrons. The van der Waals surface area contributed by atoms with Crippen LogP contribution in [0.15, 0.2) is 0 Å². The van der Waals surface area contributed by atoms with E-state index in [4.69, 9.17) is 9.84 Å². The second-order valence-corrected chi connectivity index (χ2v) is 4.31. The Balaban J connectivity index is 2.79. The van der Waals surface area contributed by atoms with E-state index < -0.39 is 49.0 Å². The largest absolute Gasteiger partial charge is 0.394 e. The summed E-state index contributed by atoms with van der Waals surface area (Å²) in [4.78, 5) is 21.9. The highest BCUT2D eigenvalue weighted by Gasteiger charge is 2.44. The van der Waals surface area contributed by atoms with Crippen molar-refractivity contribution >= 4 is 11.8 Å². The normalized spacial score (nSPS) is 34.7. The molecule has 0 saturated carbocycles. The van der Waals surface area contributed by atoms with Crippen LogP contribution in [0, 0.1) is 0 Å². The van der Waals surface area contributed by atoms with Gasteiger partial charge in [0.15, 0.2) is 0 Å². The van der Waals surface area contributed by atoms with Crippen LogP contribution in [0.5, 0.6) is 0 Å². The Hall–Kier alpha value is -1.26. The van der Waals surface area contributed by atoms with E-state index in [0.29, 0.717) is 0 Å². The third kappa shape index (κ3) is 4.11. The molecule has 0 unspecified atom stereocenters. The molecular weight excluding hydrogens is 258 g/mol. The van der Waals surface area contributed by atoms with E-state index >= 15 is 0 Å². The van der Waals surface area contributed by atoms with Gasteiger partial charge in [0.1, 0.15) is 24.5 Å². The summed E-state index contributed by atoms with van der Waals surface area (Å²) in [5.41, 5.74) is 4.73. The lowest BCUT2D eigenvalue weighted by molar-refractivity contribution is -0.205. The maximum absolute atomic E-state index is 11.1. The summed E-state index contributed by atoms with van der Waals surface area (Å²) in [6, 6.07) is -0.970. The summed E-state index contributed by atoms with van der Waals surface area (Å²) in [5, 5.41) is 31.1. The molecule has 0 aromatic rings. The first-order valence-corrected chi connectivity index (χ1v) is 5.78. The molecule has 1 aliphatic heterocycles. The molecule has 1 saturated heterocycles. The summed E-state index contributed by atoms with van der Waals surface area (Å²) in [5.74, 6) is -0.830. The van der Waals surface area contributed by atoms with E-state index in [1.165, 1.54) is 13.8 Å². The minimum absolute atomic E-state index is 0.397. The molecule has 0 aromatic carbocycles. The number of hydrogen-bond acceptors (Lipinski definition) is 7. The van der Waals surface area contributed by atoms with Crippen molar-refractivity contribution < 1.29 is 29.6 Å². The maximum Gasteiger partial charge on any atom is 0.231 e. The quantitative estimate of drug-likeness (QED) is 0.294. The molecule has 1 heterocycles. The predicted molar refractivity (Wildman–Crippen MR) is 62.3 cm³/mol. The minimum Gasteiger partial charge on any atom is -0.394 e. The van der Waals surface area contributed by atoms with Gasteiger partial charge in [-0.1, -0.05) is 0 Å². The van der Waals surface area contributed by atoms with E-state index in [2.05, 4.69) is 16.2 Å². The Labute approximate surface area is 109 Å². The summed E-state index contributed by atoms with van der Waals surface area (Å²) in [7, 11) is 0. The molecule has 5 atom stereocenters. The highest BCUT2D eigenvalue weighted by atomic mass is 16.5. The van der Waals surface area contributed by atoms with E-state index in [9.17, 15) is 19.8 Å². The van der Waals surface area contributed by atoms with Crippen molar-refractivity contribution in [1.82, 2.24) is 16.2 Å². The number of rotatable bonds is 4. The molecule has 6 N–H and O–H groups in total. The fourth-order valence-electron chi connectivity index (χ4n) is 1.81. The third-order valence-electron chi connectivity index (χ3n) is 2.69. The van der Waals surface area contributed by atoms with E-state index in [1.54, 1.807) is 0 Å². The summed E-state index contributed by atoms with van der Waals surface area (Å²) < 4.78 is 5.28. The minimum atomic E-state index is -1.35. The number of hydrazine groups is 1. The van der Waals surface area contributed by atoms with Crippen LogP contribution in [-0.4, -0.2) is 64.3 Å². The second-order valence-electron chi connectivity index (χ2n) is 4.31. The number of aliphatic hydroxyl groups is 3. The molecule has 0 aromatic heterocycles. The van der Waals surface area contributed by atoms with E-state index in [1.807, 2.05) is 0 Å². The van der Waals surface area contributed by atoms with Crippen LogP contribution >= 0.6 is 0 Å². The van der Waals surface area contributed by atoms with Gasteiger partial charge in [0.05, 0.1) is 12.6 Å². The zero-order chi connectivity index (χ0) is 14.6. The van der Waals surface area contributed by atoms with Crippen molar-refractivity contribution in [3.8, 4) is 0 Å². The molecule has 9 heteroatoms. The van der Waals surface area contributed by atoms with E-state index in [0.717, 1.165) is 0 Å². The van der Waals surface area contributed by atoms with Gasteiger partial charge < -0.3 is 25.4 Å². The van der Waals surface area contributed by atoms with Crippen molar-refractivity contribution in [2.45, 2.75) is 44.4 Å². The number of nitrogens with one attached hydrogen (secondary N) is 3.